The van der Waals surface area contributed by atoms with Crippen molar-refractivity contribution in [3.05, 3.63) is 58.6 Å². The van der Waals surface area contributed by atoms with Crippen LogP contribution in [0.3, 0.4) is 0 Å². The van der Waals surface area contributed by atoms with Crippen LogP contribution in [0.4, 0.5) is 11.4 Å². The number of carboxylic acids is 1. The van der Waals surface area contributed by atoms with E-state index in [1.165, 1.54) is 6.07 Å². The number of benzene rings is 2. The Kier molecular flexibility index (Phi) is 3.53. The molecule has 0 amide bonds. The highest BCUT2D eigenvalue weighted by Gasteiger charge is 2.09. The summed E-state index contributed by atoms with van der Waals surface area (Å²) in [6.07, 6.45) is 0. The zero-order valence-electron chi connectivity index (χ0n) is 9.77. The summed E-state index contributed by atoms with van der Waals surface area (Å²) in [7, 11) is 0. The van der Waals surface area contributed by atoms with Gasteiger partial charge in [-0.05, 0) is 36.8 Å². The molecule has 0 aliphatic rings. The Balaban J connectivity index is 2.29. The highest BCUT2D eigenvalue weighted by Crippen LogP contribution is 2.25. The molecule has 0 fully saturated rings. The van der Waals surface area contributed by atoms with Crippen LogP contribution in [0.2, 0.25) is 5.02 Å². The fourth-order valence-electron chi connectivity index (χ4n) is 1.63. The largest absolute Gasteiger partial charge is 0.478 e. The normalized spacial score (nSPS) is 10.1. The average molecular weight is 262 g/mol. The van der Waals surface area contributed by atoms with Gasteiger partial charge in [-0.25, -0.2) is 4.79 Å². The highest BCUT2D eigenvalue weighted by molar-refractivity contribution is 6.33. The second-order valence-corrected chi connectivity index (χ2v) is 4.35. The Labute approximate surface area is 110 Å². The van der Waals surface area contributed by atoms with Gasteiger partial charge in [0.05, 0.1) is 10.6 Å². The molecule has 0 aromatic heterocycles. The first kappa shape index (κ1) is 12.5. The number of carboxylic acid groups (broad SMARTS) is 1. The van der Waals surface area contributed by atoms with Gasteiger partial charge in [0.2, 0.25) is 0 Å². The molecule has 18 heavy (non-hydrogen) atoms. The van der Waals surface area contributed by atoms with E-state index in [-0.39, 0.29) is 10.6 Å². The Bertz CT molecular complexity index is 596. The van der Waals surface area contributed by atoms with Crippen molar-refractivity contribution in [2.75, 3.05) is 5.32 Å². The van der Waals surface area contributed by atoms with E-state index in [2.05, 4.69) is 5.32 Å². The maximum atomic E-state index is 10.8. The number of hydrogen-bond donors (Lipinski definition) is 2. The summed E-state index contributed by atoms with van der Waals surface area (Å²) >= 11 is 5.91. The van der Waals surface area contributed by atoms with Crippen LogP contribution in [0.25, 0.3) is 0 Å². The molecule has 2 N–H and O–H groups in total. The summed E-state index contributed by atoms with van der Waals surface area (Å²) in [5, 5.41) is 12.3. The molecule has 0 saturated carbocycles. The van der Waals surface area contributed by atoms with Gasteiger partial charge in [-0.2, -0.15) is 0 Å². The molecule has 2 aromatic carbocycles. The van der Waals surface area contributed by atoms with E-state index in [1.54, 1.807) is 12.1 Å². The van der Waals surface area contributed by atoms with Gasteiger partial charge in [0, 0.05) is 11.4 Å². The molecule has 0 aliphatic carbocycles. The molecule has 0 aliphatic heterocycles. The molecule has 3 nitrogen and oxygen atoms in total. The molecular weight excluding hydrogens is 250 g/mol. The van der Waals surface area contributed by atoms with Crippen LogP contribution in [-0.4, -0.2) is 11.1 Å². The number of aryl methyl sites for hydroxylation is 1. The van der Waals surface area contributed by atoms with Gasteiger partial charge in [0.15, 0.2) is 0 Å². The topological polar surface area (TPSA) is 49.3 Å². The minimum atomic E-state index is -1.03. The molecule has 2 rings (SSSR count). The van der Waals surface area contributed by atoms with E-state index in [1.807, 2.05) is 31.2 Å². The summed E-state index contributed by atoms with van der Waals surface area (Å²) in [5.74, 6) is -1.03. The van der Waals surface area contributed by atoms with Crippen LogP contribution in [0.15, 0.2) is 42.5 Å². The second-order valence-electron chi connectivity index (χ2n) is 3.94. The maximum absolute atomic E-state index is 10.8. The molecule has 0 saturated heterocycles. The van der Waals surface area contributed by atoms with Crippen molar-refractivity contribution < 1.29 is 9.90 Å². The third-order valence-electron chi connectivity index (χ3n) is 2.62. The molecule has 0 heterocycles. The fourth-order valence-corrected chi connectivity index (χ4v) is 1.90. The number of carbonyl (C=O) groups is 1. The highest BCUT2D eigenvalue weighted by atomic mass is 35.5. The van der Waals surface area contributed by atoms with Crippen molar-refractivity contribution >= 4 is 28.9 Å². The quantitative estimate of drug-likeness (QED) is 0.875. The van der Waals surface area contributed by atoms with Crippen LogP contribution in [0, 0.1) is 6.92 Å². The van der Waals surface area contributed by atoms with Gasteiger partial charge in [-0.3, -0.25) is 0 Å². The van der Waals surface area contributed by atoms with Crippen molar-refractivity contribution in [2.24, 2.45) is 0 Å². The Morgan fingerprint density at radius 3 is 2.56 bits per heavy atom. The van der Waals surface area contributed by atoms with Crippen molar-refractivity contribution in [3.63, 3.8) is 0 Å². The van der Waals surface area contributed by atoms with Crippen LogP contribution in [0.5, 0.6) is 0 Å². The van der Waals surface area contributed by atoms with E-state index < -0.39 is 5.97 Å². The Hall–Kier alpha value is -2.00. The molecule has 0 unspecified atom stereocenters. The number of rotatable bonds is 3. The number of halogens is 1. The standard InChI is InChI=1S/C14H12ClNO2/c1-9-4-2-3-5-13(9)16-10-6-7-11(14(17)18)12(15)8-10/h2-8,16H,1H3,(H,17,18). The summed E-state index contributed by atoms with van der Waals surface area (Å²) < 4.78 is 0. The number of hydrogen-bond acceptors (Lipinski definition) is 2. The maximum Gasteiger partial charge on any atom is 0.337 e. The third kappa shape index (κ3) is 2.63. The average Bonchev–Trinajstić information content (AvgIpc) is 2.32. The van der Waals surface area contributed by atoms with Gasteiger partial charge >= 0.3 is 5.97 Å². The molecule has 0 spiro atoms. The van der Waals surface area contributed by atoms with Crippen molar-refractivity contribution in [2.45, 2.75) is 6.92 Å². The van der Waals surface area contributed by atoms with Crippen LogP contribution in [-0.2, 0) is 0 Å². The van der Waals surface area contributed by atoms with Crippen LogP contribution < -0.4 is 5.32 Å². The Morgan fingerprint density at radius 1 is 1.22 bits per heavy atom. The molecule has 2 aromatic rings. The summed E-state index contributed by atoms with van der Waals surface area (Å²) in [5.41, 5.74) is 2.94. The minimum Gasteiger partial charge on any atom is -0.478 e. The lowest BCUT2D eigenvalue weighted by molar-refractivity contribution is 0.0697. The summed E-state index contributed by atoms with van der Waals surface area (Å²) in [6, 6.07) is 12.6. The smallest absolute Gasteiger partial charge is 0.337 e. The molecule has 4 heteroatoms. The molecule has 0 radical (unpaired) electrons. The second kappa shape index (κ2) is 5.10. The summed E-state index contributed by atoms with van der Waals surface area (Å²) in [4.78, 5) is 10.8. The number of nitrogens with one attached hydrogen (secondary N) is 1. The molecular formula is C14H12ClNO2. The van der Waals surface area contributed by atoms with Gasteiger partial charge < -0.3 is 10.4 Å². The summed E-state index contributed by atoms with van der Waals surface area (Å²) in [6.45, 7) is 2.00. The predicted molar refractivity (Wildman–Crippen MR) is 72.9 cm³/mol. The van der Waals surface area contributed by atoms with Gasteiger partial charge in [0.25, 0.3) is 0 Å². The minimum absolute atomic E-state index is 0.104. The van der Waals surface area contributed by atoms with E-state index in [0.29, 0.717) is 0 Å². The van der Waals surface area contributed by atoms with Gasteiger partial charge in [0.1, 0.15) is 0 Å². The zero-order chi connectivity index (χ0) is 13.1. The van der Waals surface area contributed by atoms with Crippen molar-refractivity contribution in [1.82, 2.24) is 0 Å². The lowest BCUT2D eigenvalue weighted by Gasteiger charge is -2.10. The monoisotopic (exact) mass is 261 g/mol. The van der Waals surface area contributed by atoms with Gasteiger partial charge in [-0.15, -0.1) is 0 Å². The molecule has 92 valence electrons. The van der Waals surface area contributed by atoms with Crippen LogP contribution >= 0.6 is 11.6 Å². The van der Waals surface area contributed by atoms with E-state index >= 15 is 0 Å². The first-order chi connectivity index (χ1) is 8.58. The fraction of sp³-hybridized carbons (Fsp3) is 0.0714. The van der Waals surface area contributed by atoms with E-state index in [0.717, 1.165) is 16.9 Å². The van der Waals surface area contributed by atoms with Gasteiger partial charge in [-0.1, -0.05) is 29.8 Å². The zero-order valence-corrected chi connectivity index (χ0v) is 10.5. The van der Waals surface area contributed by atoms with E-state index in [9.17, 15) is 4.79 Å². The van der Waals surface area contributed by atoms with E-state index in [4.69, 9.17) is 16.7 Å². The third-order valence-corrected chi connectivity index (χ3v) is 2.94. The Morgan fingerprint density at radius 2 is 1.94 bits per heavy atom. The molecule has 0 atom stereocenters. The first-order valence-corrected chi connectivity index (χ1v) is 5.81. The lowest BCUT2D eigenvalue weighted by atomic mass is 10.1. The van der Waals surface area contributed by atoms with Crippen molar-refractivity contribution in [3.8, 4) is 0 Å². The number of para-hydroxylation sites is 1. The SMILES string of the molecule is Cc1ccccc1Nc1ccc(C(=O)O)c(Cl)c1. The first-order valence-electron chi connectivity index (χ1n) is 5.43. The van der Waals surface area contributed by atoms with Crippen molar-refractivity contribution in [1.29, 1.82) is 0 Å². The predicted octanol–water partition coefficient (Wildman–Crippen LogP) is 4.09. The number of anilines is 2. The molecule has 0 bridgehead atoms. The van der Waals surface area contributed by atoms with Crippen LogP contribution in [0.1, 0.15) is 15.9 Å². The number of aromatic carboxylic acids is 1. The lowest BCUT2D eigenvalue weighted by Crippen LogP contribution is -1.99.